The molecule has 2 rings (SSSR count). The van der Waals surface area contributed by atoms with E-state index < -0.39 is 40.9 Å². The first-order valence-electron chi connectivity index (χ1n) is 8.84. The number of hydrogen-bond acceptors (Lipinski definition) is 7. The number of ether oxygens (including phenoxy) is 1. The molecule has 28 heavy (non-hydrogen) atoms. The summed E-state index contributed by atoms with van der Waals surface area (Å²) in [5.74, 6) is -2.73. The maximum Gasteiger partial charge on any atom is 0.308 e. The average molecular weight is 391 g/mol. The molecule has 0 spiro atoms. The van der Waals surface area contributed by atoms with Gasteiger partial charge in [0.2, 0.25) is 0 Å². The number of rotatable bonds is 9. The maximum atomic E-state index is 12.4. The predicted molar refractivity (Wildman–Crippen MR) is 96.6 cm³/mol. The molecule has 10 heteroatoms. The quantitative estimate of drug-likeness (QED) is 0.291. The normalized spacial score (nSPS) is 13.9. The highest BCUT2D eigenvalue weighted by Gasteiger charge is 2.40. The van der Waals surface area contributed by atoms with Gasteiger partial charge in [0.1, 0.15) is 5.56 Å². The van der Waals surface area contributed by atoms with Gasteiger partial charge in [-0.2, -0.15) is 0 Å². The van der Waals surface area contributed by atoms with Gasteiger partial charge in [0.25, 0.3) is 23.4 Å². The lowest BCUT2D eigenvalue weighted by atomic mass is 10.1. The fourth-order valence-electron chi connectivity index (χ4n) is 2.91. The second-order valence-electron chi connectivity index (χ2n) is 6.39. The van der Waals surface area contributed by atoms with Gasteiger partial charge in [-0.1, -0.05) is 19.4 Å². The second-order valence-corrected chi connectivity index (χ2v) is 6.39. The van der Waals surface area contributed by atoms with Crippen LogP contribution in [0, 0.1) is 10.1 Å². The van der Waals surface area contributed by atoms with E-state index in [4.69, 9.17) is 4.74 Å². The zero-order valence-electron chi connectivity index (χ0n) is 15.6. The van der Waals surface area contributed by atoms with Crippen LogP contribution in [0.3, 0.4) is 0 Å². The van der Waals surface area contributed by atoms with Crippen molar-refractivity contribution in [3.05, 3.63) is 39.4 Å². The van der Waals surface area contributed by atoms with Crippen LogP contribution < -0.4 is 5.32 Å². The first-order chi connectivity index (χ1) is 13.3. The van der Waals surface area contributed by atoms with Crippen LogP contribution in [0.2, 0.25) is 0 Å². The Bertz CT molecular complexity index is 821. The SMILES string of the molecule is CCC[C@H](C)NC(=O)COC(=O)CCN1C(=O)c2cccc([N+](=O)[O-])c2C1=O. The minimum Gasteiger partial charge on any atom is -0.456 e. The number of carbonyl (C=O) groups is 4. The highest BCUT2D eigenvalue weighted by molar-refractivity contribution is 6.23. The van der Waals surface area contributed by atoms with Gasteiger partial charge in [-0.3, -0.25) is 34.2 Å². The summed E-state index contributed by atoms with van der Waals surface area (Å²) in [4.78, 5) is 59.3. The molecule has 1 aliphatic rings. The summed E-state index contributed by atoms with van der Waals surface area (Å²) in [6, 6.07) is 3.74. The van der Waals surface area contributed by atoms with E-state index in [2.05, 4.69) is 5.32 Å². The molecular weight excluding hydrogens is 370 g/mol. The molecule has 0 radical (unpaired) electrons. The molecule has 1 aromatic rings. The van der Waals surface area contributed by atoms with Crippen molar-refractivity contribution in [3.8, 4) is 0 Å². The Morgan fingerprint density at radius 3 is 2.64 bits per heavy atom. The Morgan fingerprint density at radius 1 is 1.29 bits per heavy atom. The van der Waals surface area contributed by atoms with Crippen molar-refractivity contribution >= 4 is 29.4 Å². The Labute approximate surface area is 161 Å². The van der Waals surface area contributed by atoms with Gasteiger partial charge in [0.15, 0.2) is 6.61 Å². The molecule has 1 N–H and O–H groups in total. The van der Waals surface area contributed by atoms with Gasteiger partial charge in [0, 0.05) is 18.7 Å². The predicted octanol–water partition coefficient (Wildman–Crippen LogP) is 1.43. The Kier molecular flexibility index (Phi) is 6.80. The molecule has 150 valence electrons. The second kappa shape index (κ2) is 9.07. The third kappa shape index (κ3) is 4.70. The number of benzene rings is 1. The Morgan fingerprint density at radius 2 is 2.00 bits per heavy atom. The summed E-state index contributed by atoms with van der Waals surface area (Å²) >= 11 is 0. The van der Waals surface area contributed by atoms with Gasteiger partial charge in [0.05, 0.1) is 16.9 Å². The minimum absolute atomic E-state index is 0.0367. The lowest BCUT2D eigenvalue weighted by molar-refractivity contribution is -0.385. The van der Waals surface area contributed by atoms with Gasteiger partial charge in [-0.15, -0.1) is 0 Å². The topological polar surface area (TPSA) is 136 Å². The number of nitrogens with zero attached hydrogens (tertiary/aromatic N) is 2. The number of nitro benzene ring substituents is 1. The monoisotopic (exact) mass is 391 g/mol. The fraction of sp³-hybridized carbons (Fsp3) is 0.444. The number of fused-ring (bicyclic) bond motifs is 1. The van der Waals surface area contributed by atoms with E-state index in [0.717, 1.165) is 23.8 Å². The molecule has 1 aliphatic heterocycles. The molecule has 1 aromatic carbocycles. The van der Waals surface area contributed by atoms with Crippen molar-refractivity contribution in [2.24, 2.45) is 0 Å². The lowest BCUT2D eigenvalue weighted by Gasteiger charge is -2.14. The van der Waals surface area contributed by atoms with Crippen LogP contribution in [0.4, 0.5) is 5.69 Å². The van der Waals surface area contributed by atoms with Crippen molar-refractivity contribution in [1.82, 2.24) is 10.2 Å². The van der Waals surface area contributed by atoms with Crippen LogP contribution in [0.25, 0.3) is 0 Å². The van der Waals surface area contributed by atoms with Crippen LogP contribution in [0.15, 0.2) is 18.2 Å². The van der Waals surface area contributed by atoms with Gasteiger partial charge in [-0.05, 0) is 19.4 Å². The molecule has 0 saturated heterocycles. The van der Waals surface area contributed by atoms with Crippen LogP contribution >= 0.6 is 0 Å². The number of amides is 3. The largest absolute Gasteiger partial charge is 0.456 e. The number of esters is 1. The summed E-state index contributed by atoms with van der Waals surface area (Å²) in [5.41, 5.74) is -0.814. The summed E-state index contributed by atoms with van der Waals surface area (Å²) < 4.78 is 4.84. The smallest absolute Gasteiger partial charge is 0.308 e. The average Bonchev–Trinajstić information content (AvgIpc) is 2.89. The number of hydrogen-bond donors (Lipinski definition) is 1. The van der Waals surface area contributed by atoms with Gasteiger partial charge >= 0.3 is 5.97 Å². The molecule has 10 nitrogen and oxygen atoms in total. The summed E-state index contributed by atoms with van der Waals surface area (Å²) in [5, 5.41) is 13.7. The first-order valence-corrected chi connectivity index (χ1v) is 8.84. The van der Waals surface area contributed by atoms with E-state index in [1.54, 1.807) is 0 Å². The third-order valence-electron chi connectivity index (χ3n) is 4.21. The zero-order valence-corrected chi connectivity index (χ0v) is 15.6. The molecule has 0 saturated carbocycles. The standard InChI is InChI=1S/C18H21N3O7/c1-3-5-11(2)19-14(22)10-28-15(23)8-9-20-17(24)12-6-4-7-13(21(26)27)16(12)18(20)25/h4,6-7,11H,3,5,8-10H2,1-2H3,(H,19,22)/t11-/m0/s1. The summed E-state index contributed by atoms with van der Waals surface area (Å²) in [7, 11) is 0. The van der Waals surface area contributed by atoms with Gasteiger partial charge < -0.3 is 10.1 Å². The molecule has 0 bridgehead atoms. The van der Waals surface area contributed by atoms with E-state index >= 15 is 0 Å². The number of nitrogens with one attached hydrogen (secondary N) is 1. The van der Waals surface area contributed by atoms with Crippen molar-refractivity contribution in [1.29, 1.82) is 0 Å². The lowest BCUT2D eigenvalue weighted by Crippen LogP contribution is -2.36. The molecule has 0 aliphatic carbocycles. The Hall–Kier alpha value is -3.30. The molecule has 0 unspecified atom stereocenters. The van der Waals surface area contributed by atoms with Crippen LogP contribution in [-0.4, -0.2) is 52.7 Å². The van der Waals surface area contributed by atoms with Crippen molar-refractivity contribution in [2.75, 3.05) is 13.2 Å². The third-order valence-corrected chi connectivity index (χ3v) is 4.21. The fourth-order valence-corrected chi connectivity index (χ4v) is 2.91. The first kappa shape index (κ1) is 21.0. The van der Waals surface area contributed by atoms with Gasteiger partial charge in [-0.25, -0.2) is 0 Å². The van der Waals surface area contributed by atoms with E-state index in [0.29, 0.717) is 0 Å². The number of imide groups is 1. The van der Waals surface area contributed by atoms with E-state index in [1.807, 2.05) is 13.8 Å². The number of nitro groups is 1. The summed E-state index contributed by atoms with van der Waals surface area (Å²) in [6.07, 6.45) is 1.38. The zero-order chi connectivity index (χ0) is 20.8. The highest BCUT2D eigenvalue weighted by atomic mass is 16.6. The van der Waals surface area contributed by atoms with Crippen LogP contribution in [0.5, 0.6) is 0 Å². The minimum atomic E-state index is -0.828. The summed E-state index contributed by atoms with van der Waals surface area (Å²) in [6.45, 7) is 3.07. The Balaban J connectivity index is 1.90. The molecule has 0 aromatic heterocycles. The van der Waals surface area contributed by atoms with Crippen LogP contribution in [-0.2, 0) is 14.3 Å². The molecule has 1 heterocycles. The number of carbonyl (C=O) groups excluding carboxylic acids is 4. The van der Waals surface area contributed by atoms with Crippen molar-refractivity contribution < 1.29 is 28.8 Å². The van der Waals surface area contributed by atoms with Crippen molar-refractivity contribution in [3.63, 3.8) is 0 Å². The molecule has 3 amide bonds. The van der Waals surface area contributed by atoms with E-state index in [1.165, 1.54) is 12.1 Å². The highest BCUT2D eigenvalue weighted by Crippen LogP contribution is 2.30. The molecular formula is C18H21N3O7. The van der Waals surface area contributed by atoms with E-state index in [9.17, 15) is 29.3 Å². The molecule has 1 atom stereocenters. The van der Waals surface area contributed by atoms with Crippen LogP contribution in [0.1, 0.15) is 53.8 Å². The maximum absolute atomic E-state index is 12.4. The molecule has 0 fully saturated rings. The van der Waals surface area contributed by atoms with Crippen molar-refractivity contribution in [2.45, 2.75) is 39.2 Å². The van der Waals surface area contributed by atoms with E-state index in [-0.39, 0.29) is 30.1 Å².